The molecule has 3 nitrogen and oxygen atoms in total. The molecule has 2 rings (SSSR count). The summed E-state index contributed by atoms with van der Waals surface area (Å²) < 4.78 is 5.39. The summed E-state index contributed by atoms with van der Waals surface area (Å²) in [4.78, 5) is 12.1. The first-order valence-electron chi connectivity index (χ1n) is 6.47. The van der Waals surface area contributed by atoms with Crippen molar-refractivity contribution >= 4 is 21.8 Å². The first kappa shape index (κ1) is 13.7. The third-order valence-electron chi connectivity index (χ3n) is 3.86. The lowest BCUT2D eigenvalue weighted by molar-refractivity contribution is 0.0934. The normalized spacial score (nSPS) is 17.9. The zero-order valence-electron chi connectivity index (χ0n) is 11.0. The Morgan fingerprint density at radius 2 is 2.11 bits per heavy atom. The van der Waals surface area contributed by atoms with Crippen molar-refractivity contribution in [1.82, 2.24) is 5.32 Å². The van der Waals surface area contributed by atoms with Gasteiger partial charge in [-0.05, 0) is 38.2 Å². The van der Waals surface area contributed by atoms with Crippen molar-refractivity contribution in [3.63, 3.8) is 0 Å². The van der Waals surface area contributed by atoms with E-state index in [4.69, 9.17) is 4.42 Å². The highest BCUT2D eigenvalue weighted by Gasteiger charge is 2.33. The molecule has 0 atom stereocenters. The molecule has 0 radical (unpaired) electrons. The fourth-order valence-electron chi connectivity index (χ4n) is 2.70. The minimum atomic E-state index is -0.0171. The van der Waals surface area contributed by atoms with E-state index in [1.165, 1.54) is 25.7 Å². The van der Waals surface area contributed by atoms with Gasteiger partial charge in [-0.15, -0.1) is 0 Å². The van der Waals surface area contributed by atoms with E-state index < -0.39 is 0 Å². The Morgan fingerprint density at radius 3 is 2.61 bits per heavy atom. The van der Waals surface area contributed by atoms with Gasteiger partial charge in [0.05, 0.1) is 5.56 Å². The standard InChI is InChI=1S/C14H20BrNO2/c1-10-7-12(11(2)18-10)13(17)16-9-14(8-15)5-3-4-6-14/h7H,3-6,8-9H2,1-2H3,(H,16,17). The average Bonchev–Trinajstić information content (AvgIpc) is 2.94. The summed E-state index contributed by atoms with van der Waals surface area (Å²) >= 11 is 3.59. The van der Waals surface area contributed by atoms with Crippen molar-refractivity contribution in [3.8, 4) is 0 Å². The predicted octanol–water partition coefficient (Wildman–Crippen LogP) is 3.58. The van der Waals surface area contributed by atoms with Gasteiger partial charge in [-0.25, -0.2) is 0 Å². The van der Waals surface area contributed by atoms with Crippen molar-refractivity contribution in [2.24, 2.45) is 5.41 Å². The number of hydrogen-bond donors (Lipinski definition) is 1. The molecule has 0 unspecified atom stereocenters. The molecule has 0 spiro atoms. The summed E-state index contributed by atoms with van der Waals surface area (Å²) in [7, 11) is 0. The van der Waals surface area contributed by atoms with Gasteiger partial charge in [0.1, 0.15) is 11.5 Å². The van der Waals surface area contributed by atoms with Gasteiger partial charge in [-0.1, -0.05) is 28.8 Å². The number of amides is 1. The quantitative estimate of drug-likeness (QED) is 0.863. The monoisotopic (exact) mass is 313 g/mol. The van der Waals surface area contributed by atoms with Crippen LogP contribution in [0.25, 0.3) is 0 Å². The maximum Gasteiger partial charge on any atom is 0.254 e. The molecule has 1 aromatic rings. The van der Waals surface area contributed by atoms with E-state index in [1.54, 1.807) is 6.07 Å². The Bertz CT molecular complexity index is 433. The van der Waals surface area contributed by atoms with Crippen LogP contribution in [0.2, 0.25) is 0 Å². The number of nitrogens with one attached hydrogen (secondary N) is 1. The molecule has 1 aromatic heterocycles. The molecule has 100 valence electrons. The molecule has 0 aromatic carbocycles. The van der Waals surface area contributed by atoms with Crippen molar-refractivity contribution < 1.29 is 9.21 Å². The van der Waals surface area contributed by atoms with Crippen molar-refractivity contribution in [1.29, 1.82) is 0 Å². The van der Waals surface area contributed by atoms with Gasteiger partial charge < -0.3 is 9.73 Å². The summed E-state index contributed by atoms with van der Waals surface area (Å²) in [6.45, 7) is 4.44. The molecule has 1 heterocycles. The van der Waals surface area contributed by atoms with Gasteiger partial charge in [0.2, 0.25) is 0 Å². The number of hydrogen-bond acceptors (Lipinski definition) is 2. The van der Waals surface area contributed by atoms with Crippen LogP contribution in [0.4, 0.5) is 0 Å². The smallest absolute Gasteiger partial charge is 0.254 e. The lowest BCUT2D eigenvalue weighted by Crippen LogP contribution is -2.37. The van der Waals surface area contributed by atoms with Crippen LogP contribution in [0.5, 0.6) is 0 Å². The van der Waals surface area contributed by atoms with Gasteiger partial charge in [0, 0.05) is 11.9 Å². The van der Waals surface area contributed by atoms with Crippen LogP contribution < -0.4 is 5.32 Å². The third-order valence-corrected chi connectivity index (χ3v) is 5.05. The number of alkyl halides is 1. The van der Waals surface area contributed by atoms with E-state index in [0.29, 0.717) is 11.3 Å². The second-order valence-electron chi connectivity index (χ2n) is 5.35. The van der Waals surface area contributed by atoms with Gasteiger partial charge in [0.25, 0.3) is 5.91 Å². The van der Waals surface area contributed by atoms with Crippen LogP contribution in [-0.4, -0.2) is 17.8 Å². The van der Waals surface area contributed by atoms with Gasteiger partial charge in [-0.2, -0.15) is 0 Å². The molecule has 4 heteroatoms. The van der Waals surface area contributed by atoms with E-state index in [2.05, 4.69) is 21.2 Å². The van der Waals surface area contributed by atoms with E-state index in [0.717, 1.165) is 17.6 Å². The fourth-order valence-corrected chi connectivity index (χ4v) is 3.46. The lowest BCUT2D eigenvalue weighted by Gasteiger charge is -2.26. The molecule has 1 N–H and O–H groups in total. The minimum Gasteiger partial charge on any atom is -0.466 e. The van der Waals surface area contributed by atoms with Crippen LogP contribution >= 0.6 is 15.9 Å². The number of carbonyl (C=O) groups excluding carboxylic acids is 1. The zero-order chi connectivity index (χ0) is 13.2. The lowest BCUT2D eigenvalue weighted by atomic mass is 9.89. The molecule has 1 aliphatic rings. The highest BCUT2D eigenvalue weighted by molar-refractivity contribution is 9.09. The molecular weight excluding hydrogens is 294 g/mol. The van der Waals surface area contributed by atoms with E-state index in [1.807, 2.05) is 13.8 Å². The minimum absolute atomic E-state index is 0.0171. The second-order valence-corrected chi connectivity index (χ2v) is 5.91. The topological polar surface area (TPSA) is 42.2 Å². The number of carbonyl (C=O) groups is 1. The largest absolute Gasteiger partial charge is 0.466 e. The molecule has 1 saturated carbocycles. The summed E-state index contributed by atoms with van der Waals surface area (Å²) in [5.74, 6) is 1.47. The number of rotatable bonds is 4. The first-order chi connectivity index (χ1) is 8.56. The molecule has 18 heavy (non-hydrogen) atoms. The van der Waals surface area contributed by atoms with Crippen molar-refractivity contribution in [3.05, 3.63) is 23.2 Å². The summed E-state index contributed by atoms with van der Waals surface area (Å²) in [5, 5.41) is 4.02. The molecule has 0 saturated heterocycles. The third kappa shape index (κ3) is 2.79. The van der Waals surface area contributed by atoms with Gasteiger partial charge >= 0.3 is 0 Å². The van der Waals surface area contributed by atoms with E-state index >= 15 is 0 Å². The first-order valence-corrected chi connectivity index (χ1v) is 7.60. The Balaban J connectivity index is 1.98. The zero-order valence-corrected chi connectivity index (χ0v) is 12.6. The fraction of sp³-hybridized carbons (Fsp3) is 0.643. The highest BCUT2D eigenvalue weighted by Crippen LogP contribution is 2.39. The molecule has 1 aliphatic carbocycles. The Kier molecular flexibility index (Phi) is 4.15. The van der Waals surface area contributed by atoms with Crippen molar-refractivity contribution in [2.75, 3.05) is 11.9 Å². The maximum absolute atomic E-state index is 12.1. The Hall–Kier alpha value is -0.770. The second kappa shape index (κ2) is 5.47. The summed E-state index contributed by atoms with van der Waals surface area (Å²) in [6.07, 6.45) is 4.93. The number of aryl methyl sites for hydroxylation is 2. The number of halogens is 1. The average molecular weight is 314 g/mol. The van der Waals surface area contributed by atoms with Crippen LogP contribution in [0.3, 0.4) is 0 Å². The SMILES string of the molecule is Cc1cc(C(=O)NCC2(CBr)CCCC2)c(C)o1. The van der Waals surface area contributed by atoms with E-state index in [9.17, 15) is 4.79 Å². The summed E-state index contributed by atoms with van der Waals surface area (Å²) in [6, 6.07) is 1.81. The van der Waals surface area contributed by atoms with Crippen molar-refractivity contribution in [2.45, 2.75) is 39.5 Å². The van der Waals surface area contributed by atoms with E-state index in [-0.39, 0.29) is 11.3 Å². The van der Waals surface area contributed by atoms with Crippen LogP contribution in [-0.2, 0) is 0 Å². The predicted molar refractivity (Wildman–Crippen MR) is 75.2 cm³/mol. The molecular formula is C14H20BrNO2. The molecule has 1 amide bonds. The number of furan rings is 1. The van der Waals surface area contributed by atoms with Gasteiger partial charge in [0.15, 0.2) is 0 Å². The van der Waals surface area contributed by atoms with Crippen LogP contribution in [0, 0.1) is 19.3 Å². The van der Waals surface area contributed by atoms with Crippen LogP contribution in [0.15, 0.2) is 10.5 Å². The highest BCUT2D eigenvalue weighted by atomic mass is 79.9. The van der Waals surface area contributed by atoms with Crippen LogP contribution in [0.1, 0.15) is 47.6 Å². The molecule has 0 bridgehead atoms. The molecule has 1 fully saturated rings. The Morgan fingerprint density at radius 1 is 1.44 bits per heavy atom. The van der Waals surface area contributed by atoms with Gasteiger partial charge in [-0.3, -0.25) is 4.79 Å². The maximum atomic E-state index is 12.1. The Labute approximate surface area is 116 Å². The summed E-state index contributed by atoms with van der Waals surface area (Å²) in [5.41, 5.74) is 0.915. The molecule has 0 aliphatic heterocycles.